The summed E-state index contributed by atoms with van der Waals surface area (Å²) in [7, 11) is 3.33. The number of piperazine rings is 1. The number of ether oxygens (including phenoxy) is 2. The number of carbonyl (C=O) groups is 1. The summed E-state index contributed by atoms with van der Waals surface area (Å²) in [6.45, 7) is 4.88. The Hall–Kier alpha value is -2.73. The smallest absolute Gasteiger partial charge is 0.317 e. The molecule has 1 fully saturated rings. The number of hydrogen-bond acceptors (Lipinski definition) is 4. The van der Waals surface area contributed by atoms with E-state index >= 15 is 0 Å². The van der Waals surface area contributed by atoms with Gasteiger partial charge < -0.3 is 19.7 Å². The zero-order valence-corrected chi connectivity index (χ0v) is 16.7. The van der Waals surface area contributed by atoms with Crippen LogP contribution in [0.4, 0.5) is 4.79 Å². The second kappa shape index (κ2) is 9.99. The Labute approximate surface area is 167 Å². The van der Waals surface area contributed by atoms with E-state index in [2.05, 4.69) is 22.3 Å². The first kappa shape index (κ1) is 20.0. The van der Waals surface area contributed by atoms with Crippen LogP contribution in [0.5, 0.6) is 11.5 Å². The summed E-state index contributed by atoms with van der Waals surface area (Å²) in [5.41, 5.74) is 2.37. The normalized spacial score (nSPS) is 14.6. The number of urea groups is 1. The topological polar surface area (TPSA) is 54.0 Å². The van der Waals surface area contributed by atoms with Gasteiger partial charge in [-0.05, 0) is 41.8 Å². The predicted octanol–water partition coefficient (Wildman–Crippen LogP) is 2.77. The third-order valence-corrected chi connectivity index (χ3v) is 5.14. The molecule has 1 N–H and O–H groups in total. The number of rotatable bonds is 7. The van der Waals surface area contributed by atoms with Crippen LogP contribution in [0.15, 0.2) is 48.5 Å². The third-order valence-electron chi connectivity index (χ3n) is 5.14. The molecule has 0 unspecified atom stereocenters. The van der Waals surface area contributed by atoms with Crippen molar-refractivity contribution >= 4 is 6.03 Å². The van der Waals surface area contributed by atoms with Gasteiger partial charge in [-0.3, -0.25) is 4.90 Å². The molecule has 150 valence electrons. The van der Waals surface area contributed by atoms with Crippen LogP contribution in [-0.4, -0.2) is 62.8 Å². The first-order valence-electron chi connectivity index (χ1n) is 9.69. The lowest BCUT2D eigenvalue weighted by atomic mass is 10.1. The predicted molar refractivity (Wildman–Crippen MR) is 110 cm³/mol. The van der Waals surface area contributed by atoms with Crippen LogP contribution in [0.1, 0.15) is 11.1 Å². The average molecular weight is 383 g/mol. The van der Waals surface area contributed by atoms with Crippen LogP contribution < -0.4 is 14.8 Å². The van der Waals surface area contributed by atoms with Crippen molar-refractivity contribution in [3.63, 3.8) is 0 Å². The Bertz CT molecular complexity index is 739. The fourth-order valence-corrected chi connectivity index (χ4v) is 3.29. The molecule has 0 bridgehead atoms. The molecule has 1 heterocycles. The molecule has 3 rings (SSSR count). The summed E-state index contributed by atoms with van der Waals surface area (Å²) in [4.78, 5) is 16.7. The molecule has 0 saturated carbocycles. The Balaban J connectivity index is 1.37. The fraction of sp³-hybridized carbons (Fsp3) is 0.409. The molecular formula is C22H29N3O3. The molecule has 6 nitrogen and oxygen atoms in total. The molecule has 6 heteroatoms. The van der Waals surface area contributed by atoms with E-state index in [4.69, 9.17) is 9.47 Å². The van der Waals surface area contributed by atoms with E-state index in [1.54, 1.807) is 14.2 Å². The Morgan fingerprint density at radius 1 is 0.857 bits per heavy atom. The molecule has 1 saturated heterocycles. The maximum Gasteiger partial charge on any atom is 0.317 e. The van der Waals surface area contributed by atoms with Crippen LogP contribution in [0.25, 0.3) is 0 Å². The zero-order valence-electron chi connectivity index (χ0n) is 16.7. The SMILES string of the molecule is COc1ccc(CCN2CCN(C(=O)NCc3ccc(OC)cc3)CC2)cc1. The fourth-order valence-electron chi connectivity index (χ4n) is 3.29. The van der Waals surface area contributed by atoms with Crippen molar-refractivity contribution in [2.24, 2.45) is 0 Å². The summed E-state index contributed by atoms with van der Waals surface area (Å²) < 4.78 is 10.3. The average Bonchev–Trinajstić information content (AvgIpc) is 2.77. The van der Waals surface area contributed by atoms with Gasteiger partial charge in [0.15, 0.2) is 0 Å². The van der Waals surface area contributed by atoms with Crippen LogP contribution in [0.3, 0.4) is 0 Å². The molecule has 0 aromatic heterocycles. The van der Waals surface area contributed by atoms with Gasteiger partial charge in [-0.2, -0.15) is 0 Å². The number of amides is 2. The van der Waals surface area contributed by atoms with Gasteiger partial charge in [0.25, 0.3) is 0 Å². The van der Waals surface area contributed by atoms with Crippen molar-refractivity contribution < 1.29 is 14.3 Å². The van der Waals surface area contributed by atoms with Crippen molar-refractivity contribution in [1.82, 2.24) is 15.1 Å². The van der Waals surface area contributed by atoms with Gasteiger partial charge in [-0.25, -0.2) is 4.79 Å². The van der Waals surface area contributed by atoms with Crippen LogP contribution >= 0.6 is 0 Å². The van der Waals surface area contributed by atoms with Gasteiger partial charge in [0.05, 0.1) is 14.2 Å². The minimum Gasteiger partial charge on any atom is -0.497 e. The number of carbonyl (C=O) groups excluding carboxylic acids is 1. The van der Waals surface area contributed by atoms with E-state index in [1.807, 2.05) is 41.3 Å². The van der Waals surface area contributed by atoms with Gasteiger partial charge in [0, 0.05) is 39.3 Å². The highest BCUT2D eigenvalue weighted by Gasteiger charge is 2.20. The molecular weight excluding hydrogens is 354 g/mol. The maximum atomic E-state index is 12.4. The summed E-state index contributed by atoms with van der Waals surface area (Å²) in [6.07, 6.45) is 1.01. The molecule has 2 amide bonds. The monoisotopic (exact) mass is 383 g/mol. The first-order chi connectivity index (χ1) is 13.7. The molecule has 0 aliphatic carbocycles. The van der Waals surface area contributed by atoms with Crippen LogP contribution in [0, 0.1) is 0 Å². The molecule has 0 atom stereocenters. The van der Waals surface area contributed by atoms with Crippen molar-refractivity contribution in [1.29, 1.82) is 0 Å². The van der Waals surface area contributed by atoms with Gasteiger partial charge in [0.1, 0.15) is 11.5 Å². The highest BCUT2D eigenvalue weighted by molar-refractivity contribution is 5.74. The van der Waals surface area contributed by atoms with E-state index in [1.165, 1.54) is 5.56 Å². The van der Waals surface area contributed by atoms with Crippen molar-refractivity contribution in [3.05, 3.63) is 59.7 Å². The Morgan fingerprint density at radius 3 is 1.93 bits per heavy atom. The number of nitrogens with zero attached hydrogens (tertiary/aromatic N) is 2. The summed E-state index contributed by atoms with van der Waals surface area (Å²) in [6, 6.07) is 16.0. The third kappa shape index (κ3) is 5.63. The van der Waals surface area contributed by atoms with Crippen molar-refractivity contribution in [2.75, 3.05) is 46.9 Å². The molecule has 1 aliphatic rings. The highest BCUT2D eigenvalue weighted by atomic mass is 16.5. The molecule has 0 radical (unpaired) electrons. The van der Waals surface area contributed by atoms with Crippen molar-refractivity contribution in [3.8, 4) is 11.5 Å². The minimum atomic E-state index is 0.00521. The largest absolute Gasteiger partial charge is 0.497 e. The lowest BCUT2D eigenvalue weighted by Gasteiger charge is -2.34. The molecule has 1 aliphatic heterocycles. The number of hydrogen-bond donors (Lipinski definition) is 1. The summed E-state index contributed by atoms with van der Waals surface area (Å²) in [5, 5.41) is 3.01. The Morgan fingerprint density at radius 2 is 1.39 bits per heavy atom. The van der Waals surface area contributed by atoms with E-state index in [0.29, 0.717) is 6.54 Å². The van der Waals surface area contributed by atoms with Gasteiger partial charge in [-0.15, -0.1) is 0 Å². The molecule has 28 heavy (non-hydrogen) atoms. The second-order valence-electron chi connectivity index (χ2n) is 6.93. The molecule has 2 aromatic rings. The van der Waals surface area contributed by atoms with Crippen LogP contribution in [-0.2, 0) is 13.0 Å². The highest BCUT2D eigenvalue weighted by Crippen LogP contribution is 2.13. The van der Waals surface area contributed by atoms with Crippen LogP contribution in [0.2, 0.25) is 0 Å². The number of benzene rings is 2. The van der Waals surface area contributed by atoms with E-state index in [-0.39, 0.29) is 6.03 Å². The standard InChI is InChI=1S/C22H29N3O3/c1-27-20-7-3-18(4-8-20)11-12-24-13-15-25(16-14-24)22(26)23-17-19-5-9-21(28-2)10-6-19/h3-10H,11-17H2,1-2H3,(H,23,26). The quantitative estimate of drug-likeness (QED) is 0.799. The zero-order chi connectivity index (χ0) is 19.8. The minimum absolute atomic E-state index is 0.00521. The van der Waals surface area contributed by atoms with Crippen molar-refractivity contribution in [2.45, 2.75) is 13.0 Å². The second-order valence-corrected chi connectivity index (χ2v) is 6.93. The number of methoxy groups -OCH3 is 2. The summed E-state index contributed by atoms with van der Waals surface area (Å²) in [5.74, 6) is 1.71. The van der Waals surface area contributed by atoms with Gasteiger partial charge in [0.2, 0.25) is 0 Å². The van der Waals surface area contributed by atoms with Gasteiger partial charge in [-0.1, -0.05) is 24.3 Å². The first-order valence-corrected chi connectivity index (χ1v) is 9.69. The van der Waals surface area contributed by atoms with E-state index in [0.717, 1.165) is 56.2 Å². The molecule has 2 aromatic carbocycles. The van der Waals surface area contributed by atoms with E-state index < -0.39 is 0 Å². The molecule has 0 spiro atoms. The number of nitrogens with one attached hydrogen (secondary N) is 1. The summed E-state index contributed by atoms with van der Waals surface area (Å²) >= 11 is 0. The lowest BCUT2D eigenvalue weighted by Crippen LogP contribution is -2.51. The Kier molecular flexibility index (Phi) is 7.14. The lowest BCUT2D eigenvalue weighted by molar-refractivity contribution is 0.140. The maximum absolute atomic E-state index is 12.4. The van der Waals surface area contributed by atoms with E-state index in [9.17, 15) is 4.79 Å². The van der Waals surface area contributed by atoms with Gasteiger partial charge >= 0.3 is 6.03 Å².